The number of aromatic hydroxyl groups is 1. The van der Waals surface area contributed by atoms with Crippen LogP contribution < -0.4 is 9.03 Å². The molecule has 2 fully saturated rings. The fourth-order valence-electron chi connectivity index (χ4n) is 4.07. The lowest BCUT2D eigenvalue weighted by Gasteiger charge is -2.32. The summed E-state index contributed by atoms with van der Waals surface area (Å²) < 4.78 is 40.9. The lowest BCUT2D eigenvalue weighted by atomic mass is 9.91. The maximum atomic E-state index is 14.7. The van der Waals surface area contributed by atoms with Gasteiger partial charge in [0.15, 0.2) is 5.82 Å². The summed E-state index contributed by atoms with van der Waals surface area (Å²) in [6.45, 7) is 2.06. The van der Waals surface area contributed by atoms with Crippen LogP contribution >= 0.6 is 0 Å². The van der Waals surface area contributed by atoms with Crippen molar-refractivity contribution in [2.45, 2.75) is 25.8 Å². The van der Waals surface area contributed by atoms with Gasteiger partial charge in [-0.25, -0.2) is 13.4 Å². The summed E-state index contributed by atoms with van der Waals surface area (Å²) in [7, 11) is -4.19. The number of piperidine rings is 1. The first-order chi connectivity index (χ1) is 13.8. The second-order valence-electron chi connectivity index (χ2n) is 7.54. The van der Waals surface area contributed by atoms with Crippen LogP contribution in [0.5, 0.6) is 5.75 Å². The van der Waals surface area contributed by atoms with Crippen molar-refractivity contribution in [3.8, 4) is 5.75 Å². The number of rotatable bonds is 5. The molecule has 1 aromatic heterocycles. The van der Waals surface area contributed by atoms with Gasteiger partial charge in [-0.3, -0.25) is 14.8 Å². The minimum Gasteiger partial charge on any atom is -0.506 e. The molecule has 0 aliphatic carbocycles. The summed E-state index contributed by atoms with van der Waals surface area (Å²) in [5.41, 5.74) is 1.20. The molecule has 0 spiro atoms. The van der Waals surface area contributed by atoms with Crippen molar-refractivity contribution in [1.29, 1.82) is 0 Å². The van der Waals surface area contributed by atoms with Crippen LogP contribution in [0.2, 0.25) is 0 Å². The Morgan fingerprint density at radius 2 is 2.14 bits per heavy atom. The van der Waals surface area contributed by atoms with Crippen LogP contribution in [0.25, 0.3) is 0 Å². The standard InChI is InChI=1S/C18H22FN5O4S/c19-15-5-13(6-16(25)18(15)24-11-17(26)22-29(24,27)28)4-12-2-1-3-23(9-12)10-14-7-20-21-8-14/h5-8,12,25H,1-4,9-11H2,(H,20,21)(H,22,26). The SMILES string of the molecule is O=C1CN(c2c(O)cc(CC3CCCN(Cc4cn[nH]c4)C3)cc2F)S(=O)(=O)N1. The fourth-order valence-corrected chi connectivity index (χ4v) is 5.24. The van der Waals surface area contributed by atoms with Crippen LogP contribution in [0.1, 0.15) is 24.0 Å². The topological polar surface area (TPSA) is 119 Å². The van der Waals surface area contributed by atoms with Crippen molar-refractivity contribution < 1.29 is 22.7 Å². The number of benzene rings is 1. The number of carbonyl (C=O) groups is 1. The molecule has 1 amide bonds. The molecule has 2 aromatic rings. The van der Waals surface area contributed by atoms with E-state index in [0.29, 0.717) is 22.2 Å². The van der Waals surface area contributed by atoms with E-state index in [2.05, 4.69) is 15.1 Å². The summed E-state index contributed by atoms with van der Waals surface area (Å²) in [6.07, 6.45) is 6.24. The van der Waals surface area contributed by atoms with Gasteiger partial charge in [-0.15, -0.1) is 0 Å². The molecule has 11 heteroatoms. The molecular formula is C18H22FN5O4S. The molecule has 4 rings (SSSR count). The number of likely N-dealkylation sites (tertiary alicyclic amines) is 1. The van der Waals surface area contributed by atoms with E-state index in [9.17, 15) is 22.7 Å². The number of anilines is 1. The average molecular weight is 423 g/mol. The summed E-state index contributed by atoms with van der Waals surface area (Å²) in [6, 6.07) is 2.62. The van der Waals surface area contributed by atoms with Crippen LogP contribution in [0.3, 0.4) is 0 Å². The lowest BCUT2D eigenvalue weighted by Crippen LogP contribution is -2.35. The highest BCUT2D eigenvalue weighted by Crippen LogP contribution is 2.35. The third-order valence-electron chi connectivity index (χ3n) is 5.26. The molecule has 2 aliphatic rings. The minimum absolute atomic E-state index is 0.291. The number of nitrogens with zero attached hydrogens (tertiary/aromatic N) is 3. The predicted octanol–water partition coefficient (Wildman–Crippen LogP) is 0.890. The van der Waals surface area contributed by atoms with Crippen molar-refractivity contribution in [2.75, 3.05) is 23.9 Å². The number of aromatic amines is 1. The molecule has 3 heterocycles. The second-order valence-corrected chi connectivity index (χ2v) is 9.13. The van der Waals surface area contributed by atoms with Gasteiger partial charge >= 0.3 is 10.2 Å². The molecule has 2 aliphatic heterocycles. The minimum atomic E-state index is -4.19. The summed E-state index contributed by atoms with van der Waals surface area (Å²) in [5.74, 6) is -1.84. The maximum Gasteiger partial charge on any atom is 0.326 e. The number of hydrogen-bond donors (Lipinski definition) is 3. The molecule has 0 radical (unpaired) electrons. The first kappa shape index (κ1) is 19.6. The molecule has 0 saturated carbocycles. The van der Waals surface area contributed by atoms with Gasteiger partial charge in [0.05, 0.1) is 6.20 Å². The third-order valence-corrected chi connectivity index (χ3v) is 6.64. The normalized spacial score (nSPS) is 22.0. The Morgan fingerprint density at radius 3 is 2.79 bits per heavy atom. The van der Waals surface area contributed by atoms with Gasteiger partial charge in [-0.05, 0) is 49.4 Å². The number of carbonyl (C=O) groups excluding carboxylic acids is 1. The van der Waals surface area contributed by atoms with Crippen molar-refractivity contribution >= 4 is 21.8 Å². The number of halogens is 1. The predicted molar refractivity (Wildman–Crippen MR) is 103 cm³/mol. The smallest absolute Gasteiger partial charge is 0.326 e. The molecule has 1 atom stereocenters. The number of amides is 1. The van der Waals surface area contributed by atoms with E-state index in [1.807, 2.05) is 6.20 Å². The van der Waals surface area contributed by atoms with Gasteiger partial charge in [0, 0.05) is 24.8 Å². The van der Waals surface area contributed by atoms with Crippen LogP contribution in [0.15, 0.2) is 24.5 Å². The van der Waals surface area contributed by atoms with Gasteiger partial charge in [-0.1, -0.05) is 0 Å². The molecular weight excluding hydrogens is 401 g/mol. The van der Waals surface area contributed by atoms with Crippen molar-refractivity contribution in [1.82, 2.24) is 19.8 Å². The Balaban J connectivity index is 1.48. The van der Waals surface area contributed by atoms with Gasteiger partial charge in [0.2, 0.25) is 0 Å². The van der Waals surface area contributed by atoms with Gasteiger partial charge in [0.1, 0.15) is 18.0 Å². The van der Waals surface area contributed by atoms with E-state index in [0.717, 1.165) is 38.0 Å². The zero-order chi connectivity index (χ0) is 20.6. The Bertz CT molecular complexity index is 988. The Kier molecular flexibility index (Phi) is 5.17. The van der Waals surface area contributed by atoms with E-state index in [-0.39, 0.29) is 0 Å². The summed E-state index contributed by atoms with van der Waals surface area (Å²) in [4.78, 5) is 13.7. The third kappa shape index (κ3) is 4.20. The van der Waals surface area contributed by atoms with E-state index in [1.165, 1.54) is 12.1 Å². The maximum absolute atomic E-state index is 14.7. The molecule has 0 bridgehead atoms. The Labute approximate surface area is 167 Å². The Morgan fingerprint density at radius 1 is 1.31 bits per heavy atom. The van der Waals surface area contributed by atoms with E-state index in [4.69, 9.17) is 0 Å². The van der Waals surface area contributed by atoms with Crippen molar-refractivity contribution in [3.63, 3.8) is 0 Å². The monoisotopic (exact) mass is 423 g/mol. The molecule has 1 aromatic carbocycles. The first-order valence-electron chi connectivity index (χ1n) is 9.36. The second kappa shape index (κ2) is 7.64. The van der Waals surface area contributed by atoms with E-state index < -0.39 is 39.9 Å². The van der Waals surface area contributed by atoms with Crippen LogP contribution in [0.4, 0.5) is 10.1 Å². The first-order valence-corrected chi connectivity index (χ1v) is 10.8. The summed E-state index contributed by atoms with van der Waals surface area (Å²) >= 11 is 0. The highest BCUT2D eigenvalue weighted by atomic mass is 32.2. The quantitative estimate of drug-likeness (QED) is 0.657. The fraction of sp³-hybridized carbons (Fsp3) is 0.444. The van der Waals surface area contributed by atoms with Crippen LogP contribution in [-0.4, -0.2) is 54.2 Å². The molecule has 29 heavy (non-hydrogen) atoms. The number of aromatic nitrogens is 2. The average Bonchev–Trinajstić information content (AvgIpc) is 3.22. The van der Waals surface area contributed by atoms with Crippen LogP contribution in [-0.2, 0) is 28.0 Å². The van der Waals surface area contributed by atoms with Crippen molar-refractivity contribution in [3.05, 3.63) is 41.5 Å². The van der Waals surface area contributed by atoms with E-state index in [1.54, 1.807) is 10.9 Å². The van der Waals surface area contributed by atoms with Crippen LogP contribution in [0, 0.1) is 11.7 Å². The lowest BCUT2D eigenvalue weighted by molar-refractivity contribution is -0.117. The highest BCUT2D eigenvalue weighted by Gasteiger charge is 2.37. The molecule has 2 saturated heterocycles. The number of hydrogen-bond acceptors (Lipinski definition) is 6. The van der Waals surface area contributed by atoms with Crippen molar-refractivity contribution in [2.24, 2.45) is 5.92 Å². The number of phenolic OH excluding ortho intramolecular Hbond substituents is 1. The molecule has 156 valence electrons. The zero-order valence-electron chi connectivity index (χ0n) is 15.6. The summed E-state index contributed by atoms with van der Waals surface area (Å²) in [5, 5.41) is 17.1. The molecule has 9 nitrogen and oxygen atoms in total. The van der Waals surface area contributed by atoms with Gasteiger partial charge in [-0.2, -0.15) is 13.5 Å². The number of nitrogens with one attached hydrogen (secondary N) is 2. The number of H-pyrrole nitrogens is 1. The zero-order valence-corrected chi connectivity index (χ0v) is 16.5. The van der Waals surface area contributed by atoms with E-state index >= 15 is 0 Å². The largest absolute Gasteiger partial charge is 0.506 e. The number of phenols is 1. The Hall–Kier alpha value is -2.66. The highest BCUT2D eigenvalue weighted by molar-refractivity contribution is 7.92. The molecule has 3 N–H and O–H groups in total. The van der Waals surface area contributed by atoms with Gasteiger partial charge in [0.25, 0.3) is 5.91 Å². The van der Waals surface area contributed by atoms with Gasteiger partial charge < -0.3 is 5.11 Å². The molecule has 1 unspecified atom stereocenters.